The number of nitrogens with zero attached hydrogens (tertiary/aromatic N) is 4. The maximum atomic E-state index is 13.0. The third-order valence-corrected chi connectivity index (χ3v) is 7.35. The minimum Gasteiger partial charge on any atom is -0.324 e. The summed E-state index contributed by atoms with van der Waals surface area (Å²) < 4.78 is 3.66. The molecule has 5 rings (SSSR count). The molecule has 0 atom stereocenters. The van der Waals surface area contributed by atoms with Crippen molar-refractivity contribution in [3.63, 3.8) is 0 Å². The van der Waals surface area contributed by atoms with Crippen LogP contribution in [0.4, 0.5) is 11.6 Å². The van der Waals surface area contributed by atoms with Gasteiger partial charge < -0.3 is 10.6 Å². The smallest absolute Gasteiger partial charge is 0.278 e. The number of hydrogen-bond donors (Lipinski definition) is 2. The summed E-state index contributed by atoms with van der Waals surface area (Å²) in [6.45, 7) is 11.0. The first-order valence-corrected chi connectivity index (χ1v) is 11.9. The summed E-state index contributed by atoms with van der Waals surface area (Å²) >= 11 is 1.69. The molecular weight excluding hydrogens is 420 g/mol. The fraction of sp³-hybridized carbons (Fsp3) is 0.375. The molecule has 0 radical (unpaired) electrons. The van der Waals surface area contributed by atoms with E-state index in [0.29, 0.717) is 23.5 Å². The predicted molar refractivity (Wildman–Crippen MR) is 131 cm³/mol. The molecule has 3 aromatic heterocycles. The SMILES string of the molecule is CCn1c(=O)c2cnc(Nc3ccc4c(c3)CNCC4)nc2n1-c1ccc(C(C)(C)C)s1. The summed E-state index contributed by atoms with van der Waals surface area (Å²) in [5.41, 5.74) is 4.22. The second-order valence-corrected chi connectivity index (χ2v) is 10.2. The van der Waals surface area contributed by atoms with Crippen LogP contribution < -0.4 is 16.2 Å². The number of thiophene rings is 1. The summed E-state index contributed by atoms with van der Waals surface area (Å²) in [6.07, 6.45) is 2.68. The Morgan fingerprint density at radius 3 is 2.78 bits per heavy atom. The number of benzene rings is 1. The second-order valence-electron chi connectivity index (χ2n) is 9.19. The van der Waals surface area contributed by atoms with E-state index < -0.39 is 0 Å². The number of rotatable bonds is 4. The molecule has 0 fully saturated rings. The van der Waals surface area contributed by atoms with Crippen LogP contribution in [0.5, 0.6) is 0 Å². The maximum Gasteiger partial charge on any atom is 0.278 e. The molecule has 0 unspecified atom stereocenters. The Morgan fingerprint density at radius 2 is 2.03 bits per heavy atom. The van der Waals surface area contributed by atoms with Crippen LogP contribution in [0.3, 0.4) is 0 Å². The largest absolute Gasteiger partial charge is 0.324 e. The molecule has 4 aromatic rings. The molecule has 2 N–H and O–H groups in total. The van der Waals surface area contributed by atoms with Crippen LogP contribution in [-0.4, -0.2) is 25.9 Å². The van der Waals surface area contributed by atoms with Gasteiger partial charge in [0.25, 0.3) is 5.56 Å². The van der Waals surface area contributed by atoms with Crippen LogP contribution in [-0.2, 0) is 24.9 Å². The minimum atomic E-state index is -0.0698. The molecule has 7 nitrogen and oxygen atoms in total. The van der Waals surface area contributed by atoms with Crippen LogP contribution in [0.15, 0.2) is 41.3 Å². The highest BCUT2D eigenvalue weighted by molar-refractivity contribution is 7.14. The van der Waals surface area contributed by atoms with Crippen LogP contribution >= 0.6 is 11.3 Å². The number of hydrogen-bond acceptors (Lipinski definition) is 6. The number of nitrogens with one attached hydrogen (secondary N) is 2. The van der Waals surface area contributed by atoms with E-state index in [2.05, 4.69) is 66.7 Å². The molecule has 0 spiro atoms. The van der Waals surface area contributed by atoms with Gasteiger partial charge in [-0.05, 0) is 60.7 Å². The van der Waals surface area contributed by atoms with Crippen molar-refractivity contribution in [1.82, 2.24) is 24.6 Å². The molecule has 1 aliphatic rings. The van der Waals surface area contributed by atoms with E-state index in [9.17, 15) is 4.79 Å². The van der Waals surface area contributed by atoms with E-state index >= 15 is 0 Å². The summed E-state index contributed by atoms with van der Waals surface area (Å²) in [4.78, 5) is 23.5. The molecule has 1 aliphatic heterocycles. The topological polar surface area (TPSA) is 76.8 Å². The van der Waals surface area contributed by atoms with Crippen molar-refractivity contribution < 1.29 is 0 Å². The summed E-state index contributed by atoms with van der Waals surface area (Å²) in [5.74, 6) is 0.482. The highest BCUT2D eigenvalue weighted by Crippen LogP contribution is 2.32. The molecule has 0 saturated carbocycles. The van der Waals surface area contributed by atoms with Crippen molar-refractivity contribution in [1.29, 1.82) is 0 Å². The van der Waals surface area contributed by atoms with Crippen molar-refractivity contribution >= 4 is 34.0 Å². The molecule has 0 amide bonds. The fourth-order valence-electron chi connectivity index (χ4n) is 4.13. The lowest BCUT2D eigenvalue weighted by atomic mass is 9.95. The lowest BCUT2D eigenvalue weighted by Crippen LogP contribution is -2.23. The van der Waals surface area contributed by atoms with Crippen molar-refractivity contribution in [2.45, 2.75) is 52.6 Å². The number of aromatic nitrogens is 4. The van der Waals surface area contributed by atoms with E-state index in [-0.39, 0.29) is 11.0 Å². The van der Waals surface area contributed by atoms with Crippen molar-refractivity contribution in [3.8, 4) is 5.00 Å². The van der Waals surface area contributed by atoms with Crippen LogP contribution in [0, 0.1) is 0 Å². The van der Waals surface area contributed by atoms with Gasteiger partial charge in [0.1, 0.15) is 10.4 Å². The Hall–Kier alpha value is -2.97. The third-order valence-electron chi connectivity index (χ3n) is 5.86. The second kappa shape index (κ2) is 7.86. The van der Waals surface area contributed by atoms with Gasteiger partial charge in [0.05, 0.1) is 0 Å². The first kappa shape index (κ1) is 20.9. The van der Waals surface area contributed by atoms with Crippen molar-refractivity contribution in [3.05, 3.63) is 62.9 Å². The lowest BCUT2D eigenvalue weighted by molar-refractivity contribution is 0.579. The monoisotopic (exact) mass is 448 g/mol. The zero-order valence-electron chi connectivity index (χ0n) is 18.9. The average Bonchev–Trinajstić information content (AvgIpc) is 3.36. The minimum absolute atomic E-state index is 0.0478. The molecule has 32 heavy (non-hydrogen) atoms. The first-order valence-electron chi connectivity index (χ1n) is 11.0. The van der Waals surface area contributed by atoms with Gasteiger partial charge in [-0.15, -0.1) is 11.3 Å². The molecule has 4 heterocycles. The normalized spacial score (nSPS) is 14.0. The average molecular weight is 449 g/mol. The highest BCUT2D eigenvalue weighted by atomic mass is 32.1. The molecule has 0 aliphatic carbocycles. The predicted octanol–water partition coefficient (Wildman–Crippen LogP) is 4.35. The zero-order chi connectivity index (χ0) is 22.5. The lowest BCUT2D eigenvalue weighted by Gasteiger charge is -2.18. The Labute approximate surface area is 191 Å². The van der Waals surface area contributed by atoms with Crippen molar-refractivity contribution in [2.24, 2.45) is 0 Å². The van der Waals surface area contributed by atoms with Gasteiger partial charge in [0.2, 0.25) is 5.95 Å². The van der Waals surface area contributed by atoms with E-state index in [1.807, 2.05) is 11.6 Å². The van der Waals surface area contributed by atoms with Gasteiger partial charge in [-0.1, -0.05) is 26.8 Å². The van der Waals surface area contributed by atoms with E-state index in [1.165, 1.54) is 16.0 Å². The van der Waals surface area contributed by atoms with Crippen LogP contribution in [0.25, 0.3) is 16.0 Å². The quantitative estimate of drug-likeness (QED) is 0.485. The zero-order valence-corrected chi connectivity index (χ0v) is 19.7. The van der Waals surface area contributed by atoms with Gasteiger partial charge in [-0.3, -0.25) is 4.79 Å². The van der Waals surface area contributed by atoms with Crippen LogP contribution in [0.2, 0.25) is 0 Å². The standard InChI is InChI=1S/C24H28N6OS/c1-5-29-22(31)18-14-26-23(27-17-7-6-15-10-11-25-13-16(15)12-17)28-21(18)30(29)20-9-8-19(32-20)24(2,3)4/h6-9,12,14,25H,5,10-11,13H2,1-4H3,(H,26,27,28). The maximum absolute atomic E-state index is 13.0. The Morgan fingerprint density at radius 1 is 1.19 bits per heavy atom. The van der Waals surface area contributed by atoms with Gasteiger partial charge in [0, 0.05) is 29.9 Å². The Balaban J connectivity index is 1.58. The summed E-state index contributed by atoms with van der Waals surface area (Å²) in [7, 11) is 0. The first-order chi connectivity index (χ1) is 15.3. The number of fused-ring (bicyclic) bond motifs is 2. The Kier molecular flexibility index (Phi) is 5.14. The molecular formula is C24H28N6OS. The van der Waals surface area contributed by atoms with Gasteiger partial charge >= 0.3 is 0 Å². The van der Waals surface area contributed by atoms with E-state index in [1.54, 1.807) is 22.2 Å². The van der Waals surface area contributed by atoms with Gasteiger partial charge in [-0.25, -0.2) is 14.3 Å². The highest BCUT2D eigenvalue weighted by Gasteiger charge is 2.21. The van der Waals surface area contributed by atoms with E-state index in [0.717, 1.165) is 30.2 Å². The summed E-state index contributed by atoms with van der Waals surface area (Å²) in [5, 5.41) is 8.25. The molecule has 8 heteroatoms. The Bertz CT molecular complexity index is 1360. The summed E-state index contributed by atoms with van der Waals surface area (Å²) in [6, 6.07) is 10.6. The van der Waals surface area contributed by atoms with E-state index in [4.69, 9.17) is 4.98 Å². The number of anilines is 2. The van der Waals surface area contributed by atoms with Crippen molar-refractivity contribution in [2.75, 3.05) is 11.9 Å². The van der Waals surface area contributed by atoms with Gasteiger partial charge in [0.15, 0.2) is 5.65 Å². The van der Waals surface area contributed by atoms with Crippen LogP contribution in [0.1, 0.15) is 43.7 Å². The molecule has 0 saturated heterocycles. The molecule has 0 bridgehead atoms. The van der Waals surface area contributed by atoms with Gasteiger partial charge in [-0.2, -0.15) is 4.98 Å². The third kappa shape index (κ3) is 3.63. The molecule has 166 valence electrons. The fourth-order valence-corrected chi connectivity index (χ4v) is 5.21. The molecule has 1 aromatic carbocycles.